The molecular formula is C14H22N4O3. The van der Waals surface area contributed by atoms with Crippen LogP contribution < -0.4 is 5.32 Å². The Kier molecular flexibility index (Phi) is 4.82. The van der Waals surface area contributed by atoms with E-state index in [-0.39, 0.29) is 18.0 Å². The second-order valence-corrected chi connectivity index (χ2v) is 5.61. The Hall–Kier alpha value is -2.05. The van der Waals surface area contributed by atoms with Crippen LogP contribution in [0.3, 0.4) is 0 Å². The van der Waals surface area contributed by atoms with Crippen LogP contribution in [-0.4, -0.2) is 50.9 Å². The van der Waals surface area contributed by atoms with Crippen molar-refractivity contribution in [2.75, 3.05) is 13.1 Å². The second kappa shape index (κ2) is 6.60. The molecule has 2 rings (SSSR count). The summed E-state index contributed by atoms with van der Waals surface area (Å²) < 4.78 is 1.73. The molecule has 1 aromatic heterocycles. The third-order valence-corrected chi connectivity index (χ3v) is 3.93. The zero-order chi connectivity index (χ0) is 15.4. The summed E-state index contributed by atoms with van der Waals surface area (Å²) >= 11 is 0. The highest BCUT2D eigenvalue weighted by Crippen LogP contribution is 2.22. The van der Waals surface area contributed by atoms with E-state index in [0.717, 1.165) is 12.0 Å². The number of rotatable bonds is 4. The number of likely N-dealkylation sites (tertiary alicyclic amines) is 1. The molecule has 1 saturated heterocycles. The van der Waals surface area contributed by atoms with Crippen molar-refractivity contribution in [2.45, 2.75) is 32.2 Å². The zero-order valence-corrected chi connectivity index (χ0v) is 12.5. The number of piperidine rings is 1. The predicted molar refractivity (Wildman–Crippen MR) is 76.8 cm³/mol. The smallest absolute Gasteiger partial charge is 0.317 e. The monoisotopic (exact) mass is 294 g/mol. The second-order valence-electron chi connectivity index (χ2n) is 5.61. The molecule has 2 heterocycles. The summed E-state index contributed by atoms with van der Waals surface area (Å²) in [6.45, 7) is 2.95. The number of nitrogens with one attached hydrogen (secondary N) is 1. The number of aryl methyl sites for hydroxylation is 1. The summed E-state index contributed by atoms with van der Waals surface area (Å²) in [5.41, 5.74) is 1.08. The lowest BCUT2D eigenvalue weighted by Crippen LogP contribution is -2.50. The largest absolute Gasteiger partial charge is 0.481 e. The van der Waals surface area contributed by atoms with Gasteiger partial charge in [-0.3, -0.25) is 9.48 Å². The van der Waals surface area contributed by atoms with Crippen molar-refractivity contribution < 1.29 is 14.7 Å². The first-order valence-corrected chi connectivity index (χ1v) is 7.22. The van der Waals surface area contributed by atoms with Gasteiger partial charge in [-0.1, -0.05) is 0 Å². The average Bonchev–Trinajstić information content (AvgIpc) is 2.84. The Bertz CT molecular complexity index is 514. The number of hydrogen-bond donors (Lipinski definition) is 2. The van der Waals surface area contributed by atoms with Crippen molar-refractivity contribution in [1.29, 1.82) is 0 Å². The zero-order valence-electron chi connectivity index (χ0n) is 12.5. The maximum atomic E-state index is 12.1. The Morgan fingerprint density at radius 1 is 1.52 bits per heavy atom. The van der Waals surface area contributed by atoms with Crippen LogP contribution in [-0.2, 0) is 18.3 Å². The maximum Gasteiger partial charge on any atom is 0.317 e. The van der Waals surface area contributed by atoms with Gasteiger partial charge in [0.05, 0.1) is 12.1 Å². The highest BCUT2D eigenvalue weighted by Gasteiger charge is 2.31. The molecular weight excluding hydrogens is 272 g/mol. The minimum absolute atomic E-state index is 0.0433. The number of carbonyl (C=O) groups excluding carboxylic acids is 1. The summed E-state index contributed by atoms with van der Waals surface area (Å²) in [7, 11) is 1.86. The Morgan fingerprint density at radius 2 is 2.29 bits per heavy atom. The lowest BCUT2D eigenvalue weighted by molar-refractivity contribution is -0.143. The van der Waals surface area contributed by atoms with Crippen LogP contribution in [0.15, 0.2) is 12.4 Å². The van der Waals surface area contributed by atoms with E-state index in [1.807, 2.05) is 20.2 Å². The summed E-state index contributed by atoms with van der Waals surface area (Å²) in [4.78, 5) is 24.8. The van der Waals surface area contributed by atoms with Crippen LogP contribution in [0.1, 0.15) is 25.3 Å². The normalized spacial score (nSPS) is 22.1. The first kappa shape index (κ1) is 15.3. The molecule has 21 heavy (non-hydrogen) atoms. The van der Waals surface area contributed by atoms with Crippen molar-refractivity contribution in [3.63, 3.8) is 0 Å². The average molecular weight is 294 g/mol. The van der Waals surface area contributed by atoms with Gasteiger partial charge in [-0.25, -0.2) is 4.79 Å². The number of carbonyl (C=O) groups is 2. The number of nitrogens with zero attached hydrogens (tertiary/aromatic N) is 3. The molecule has 2 N–H and O–H groups in total. The minimum atomic E-state index is -0.765. The van der Waals surface area contributed by atoms with Crippen LogP contribution >= 0.6 is 0 Å². The first-order valence-electron chi connectivity index (χ1n) is 7.22. The van der Waals surface area contributed by atoms with Gasteiger partial charge in [0, 0.05) is 32.4 Å². The first-order chi connectivity index (χ1) is 9.97. The van der Waals surface area contributed by atoms with Crippen LogP contribution in [0, 0.1) is 5.92 Å². The highest BCUT2D eigenvalue weighted by atomic mass is 16.4. The molecule has 2 unspecified atom stereocenters. The molecule has 0 radical (unpaired) electrons. The molecule has 2 amide bonds. The van der Waals surface area contributed by atoms with Gasteiger partial charge in [0.2, 0.25) is 0 Å². The fourth-order valence-corrected chi connectivity index (χ4v) is 2.71. The van der Waals surface area contributed by atoms with E-state index in [4.69, 9.17) is 5.11 Å². The summed E-state index contributed by atoms with van der Waals surface area (Å²) in [5, 5.41) is 16.0. The van der Waals surface area contributed by atoms with Gasteiger partial charge in [-0.2, -0.15) is 5.10 Å². The van der Waals surface area contributed by atoms with Gasteiger partial charge in [-0.15, -0.1) is 0 Å². The summed E-state index contributed by atoms with van der Waals surface area (Å²) in [6.07, 6.45) is 5.49. The summed E-state index contributed by atoms with van der Waals surface area (Å²) in [6, 6.07) is -0.159. The van der Waals surface area contributed by atoms with Gasteiger partial charge in [-0.05, 0) is 31.7 Å². The fraction of sp³-hybridized carbons (Fsp3) is 0.643. The Labute approximate surface area is 123 Å². The molecule has 2 atom stereocenters. The molecule has 1 aliphatic rings. The Balaban J connectivity index is 1.77. The Morgan fingerprint density at radius 3 is 2.86 bits per heavy atom. The fourth-order valence-electron chi connectivity index (χ4n) is 2.71. The maximum absolute atomic E-state index is 12.1. The van der Waals surface area contributed by atoms with E-state index in [9.17, 15) is 9.59 Å². The van der Waals surface area contributed by atoms with Crippen LogP contribution in [0.2, 0.25) is 0 Å². The van der Waals surface area contributed by atoms with Crippen molar-refractivity contribution in [3.8, 4) is 0 Å². The van der Waals surface area contributed by atoms with Gasteiger partial charge >= 0.3 is 12.0 Å². The number of aromatic nitrogens is 2. The van der Waals surface area contributed by atoms with Gasteiger partial charge in [0.1, 0.15) is 0 Å². The van der Waals surface area contributed by atoms with Crippen molar-refractivity contribution >= 4 is 12.0 Å². The van der Waals surface area contributed by atoms with Crippen LogP contribution in [0.5, 0.6) is 0 Å². The van der Waals surface area contributed by atoms with E-state index in [1.54, 1.807) is 15.8 Å². The van der Waals surface area contributed by atoms with Crippen molar-refractivity contribution in [1.82, 2.24) is 20.0 Å². The SMILES string of the molecule is CC1CC(C(=O)O)CCN1C(=O)NCCc1cnn(C)c1. The molecule has 1 aromatic rings. The number of aliphatic carboxylic acids is 1. The van der Waals surface area contributed by atoms with Crippen molar-refractivity contribution in [3.05, 3.63) is 18.0 Å². The molecule has 0 saturated carbocycles. The third kappa shape index (κ3) is 3.96. The molecule has 1 aliphatic heterocycles. The van der Waals surface area contributed by atoms with E-state index in [1.165, 1.54) is 0 Å². The van der Waals surface area contributed by atoms with E-state index < -0.39 is 5.97 Å². The molecule has 116 valence electrons. The quantitative estimate of drug-likeness (QED) is 0.862. The molecule has 7 heteroatoms. The minimum Gasteiger partial charge on any atom is -0.481 e. The van der Waals surface area contributed by atoms with Gasteiger partial charge < -0.3 is 15.3 Å². The van der Waals surface area contributed by atoms with Gasteiger partial charge in [0.25, 0.3) is 0 Å². The molecule has 7 nitrogen and oxygen atoms in total. The number of carboxylic acids is 1. The lowest BCUT2D eigenvalue weighted by Gasteiger charge is -2.36. The van der Waals surface area contributed by atoms with Crippen LogP contribution in [0.4, 0.5) is 4.79 Å². The van der Waals surface area contributed by atoms with Crippen molar-refractivity contribution in [2.24, 2.45) is 13.0 Å². The third-order valence-electron chi connectivity index (χ3n) is 3.93. The molecule has 0 bridgehead atoms. The van der Waals surface area contributed by atoms with E-state index >= 15 is 0 Å². The number of hydrogen-bond acceptors (Lipinski definition) is 3. The lowest BCUT2D eigenvalue weighted by atomic mass is 9.92. The molecule has 0 spiro atoms. The standard InChI is InChI=1S/C14H22N4O3/c1-10-7-12(13(19)20)4-6-18(10)14(21)15-5-3-11-8-16-17(2)9-11/h8-10,12H,3-7H2,1-2H3,(H,15,21)(H,19,20). The topological polar surface area (TPSA) is 87.5 Å². The van der Waals surface area contributed by atoms with E-state index in [2.05, 4.69) is 10.4 Å². The number of carboxylic acid groups (broad SMARTS) is 1. The van der Waals surface area contributed by atoms with E-state index in [0.29, 0.717) is 25.9 Å². The summed E-state index contributed by atoms with van der Waals surface area (Å²) in [5.74, 6) is -1.10. The van der Waals surface area contributed by atoms with Crippen LogP contribution in [0.25, 0.3) is 0 Å². The highest BCUT2D eigenvalue weighted by molar-refractivity contribution is 5.75. The molecule has 1 fully saturated rings. The number of urea groups is 1. The molecule has 0 aromatic carbocycles. The predicted octanol–water partition coefficient (Wildman–Crippen LogP) is 0.857. The molecule has 0 aliphatic carbocycles. The van der Waals surface area contributed by atoms with Gasteiger partial charge in [0.15, 0.2) is 0 Å². The number of amides is 2.